The topological polar surface area (TPSA) is 78.9 Å². The van der Waals surface area contributed by atoms with E-state index in [2.05, 4.69) is 69.4 Å². The Morgan fingerprint density at radius 2 is 0.450 bits per heavy atom. The molecule has 0 aromatic rings. The maximum absolute atomic E-state index is 12.9. The first kappa shape index (κ1) is 77.4. The highest BCUT2D eigenvalue weighted by Gasteiger charge is 2.19. The van der Waals surface area contributed by atoms with Crippen molar-refractivity contribution in [3.63, 3.8) is 0 Å². The Morgan fingerprint density at radius 3 is 0.713 bits per heavy atom. The van der Waals surface area contributed by atoms with Crippen LogP contribution in [0.25, 0.3) is 0 Å². The first-order chi connectivity index (χ1) is 39.5. The number of carbonyl (C=O) groups excluding carboxylic acids is 3. The van der Waals surface area contributed by atoms with E-state index in [-0.39, 0.29) is 31.1 Å². The van der Waals surface area contributed by atoms with Crippen molar-refractivity contribution in [3.8, 4) is 0 Å². The number of hydrogen-bond donors (Lipinski definition) is 0. The number of hydrogen-bond acceptors (Lipinski definition) is 6. The smallest absolute Gasteiger partial charge is 0.306 e. The third kappa shape index (κ3) is 66.2. The second-order valence-corrected chi connectivity index (χ2v) is 24.1. The molecular formula is C74H136O6. The average molecular weight is 1120 g/mol. The molecule has 0 radical (unpaired) electrons. The van der Waals surface area contributed by atoms with Crippen molar-refractivity contribution in [1.82, 2.24) is 0 Å². The zero-order valence-electron chi connectivity index (χ0n) is 53.9. The van der Waals surface area contributed by atoms with Crippen molar-refractivity contribution in [2.24, 2.45) is 0 Å². The fourth-order valence-electron chi connectivity index (χ4n) is 10.7. The molecule has 0 aliphatic carbocycles. The Hall–Kier alpha value is -2.63. The highest BCUT2D eigenvalue weighted by molar-refractivity contribution is 5.71. The summed E-state index contributed by atoms with van der Waals surface area (Å²) in [5, 5.41) is 0. The van der Waals surface area contributed by atoms with Crippen LogP contribution in [0.3, 0.4) is 0 Å². The molecule has 6 heteroatoms. The molecule has 80 heavy (non-hydrogen) atoms. The molecular weight excluding hydrogens is 985 g/mol. The van der Waals surface area contributed by atoms with Crippen LogP contribution in [0, 0.1) is 0 Å². The molecule has 0 amide bonds. The summed E-state index contributed by atoms with van der Waals surface area (Å²) in [6.45, 7) is 6.68. The Morgan fingerprint density at radius 1 is 0.250 bits per heavy atom. The highest BCUT2D eigenvalue weighted by atomic mass is 16.6. The molecule has 0 bridgehead atoms. The number of rotatable bonds is 66. The van der Waals surface area contributed by atoms with Gasteiger partial charge in [-0.3, -0.25) is 14.4 Å². The molecule has 1 atom stereocenters. The minimum absolute atomic E-state index is 0.0738. The molecule has 0 aliphatic rings. The largest absolute Gasteiger partial charge is 0.462 e. The van der Waals surface area contributed by atoms with Gasteiger partial charge in [0.05, 0.1) is 0 Å². The van der Waals surface area contributed by atoms with Crippen LogP contribution in [0.5, 0.6) is 0 Å². The van der Waals surface area contributed by atoms with Gasteiger partial charge < -0.3 is 14.2 Å². The van der Waals surface area contributed by atoms with Gasteiger partial charge in [0.2, 0.25) is 0 Å². The van der Waals surface area contributed by atoms with Gasteiger partial charge in [-0.15, -0.1) is 0 Å². The lowest BCUT2D eigenvalue weighted by Crippen LogP contribution is -2.30. The summed E-state index contributed by atoms with van der Waals surface area (Å²) < 4.78 is 17.0. The average Bonchev–Trinajstić information content (AvgIpc) is 3.46. The van der Waals surface area contributed by atoms with E-state index in [1.165, 1.54) is 270 Å². The Balaban J connectivity index is 4.27. The van der Waals surface area contributed by atoms with E-state index in [0.717, 1.165) is 77.0 Å². The van der Waals surface area contributed by atoms with E-state index < -0.39 is 6.10 Å². The van der Waals surface area contributed by atoms with Gasteiger partial charge in [-0.05, 0) is 83.5 Å². The lowest BCUT2D eigenvalue weighted by molar-refractivity contribution is -0.167. The van der Waals surface area contributed by atoms with Crippen molar-refractivity contribution in [2.75, 3.05) is 13.2 Å². The lowest BCUT2D eigenvalue weighted by Gasteiger charge is -2.18. The molecule has 468 valence electrons. The van der Waals surface area contributed by atoms with E-state index in [1.54, 1.807) is 0 Å². The van der Waals surface area contributed by atoms with Crippen LogP contribution in [-0.2, 0) is 28.6 Å². The molecule has 0 aromatic heterocycles. The Bertz CT molecular complexity index is 1380. The molecule has 0 spiro atoms. The van der Waals surface area contributed by atoms with Gasteiger partial charge in [0.1, 0.15) is 13.2 Å². The van der Waals surface area contributed by atoms with Crippen molar-refractivity contribution in [2.45, 2.75) is 393 Å². The number of allylic oxidation sites excluding steroid dienone is 8. The number of esters is 3. The molecule has 0 aromatic carbocycles. The molecule has 0 heterocycles. The SMILES string of the molecule is CCCCCCC/C=C\C/C=C\C/C=C\CCCCCCCCC(=O)OC(COC(=O)CCCCCCCCCCCCCCCC)COC(=O)CCCCCCCCCCCCCCCCC/C=C\CCCCCCCCCC. The van der Waals surface area contributed by atoms with E-state index in [0.29, 0.717) is 19.3 Å². The van der Waals surface area contributed by atoms with Crippen LogP contribution in [0.15, 0.2) is 48.6 Å². The van der Waals surface area contributed by atoms with E-state index >= 15 is 0 Å². The monoisotopic (exact) mass is 1120 g/mol. The summed E-state index contributed by atoms with van der Waals surface area (Å²) in [7, 11) is 0. The fourth-order valence-corrected chi connectivity index (χ4v) is 10.7. The standard InChI is InChI=1S/C74H136O6/c1-4-7-10-13-16-19-22-25-28-30-32-34-35-36-37-38-39-41-42-44-46-49-52-55-58-61-64-67-73(76)79-70-71(69-78-72(75)66-63-60-57-54-51-48-27-24-21-18-15-12-9-6-3)80-74(77)68-65-62-59-56-53-50-47-45-43-40-33-31-29-26-23-20-17-14-11-8-5-2/h23,26,30-33,43,45,71H,4-22,24-25,27-29,34-42,44,46-70H2,1-3H3/b26-23-,32-30-,33-31-,45-43-. The summed E-state index contributed by atoms with van der Waals surface area (Å²) in [4.78, 5) is 38.4. The number of unbranched alkanes of at least 4 members (excludes halogenated alkanes) is 47. The van der Waals surface area contributed by atoms with Crippen LogP contribution in [-0.4, -0.2) is 37.2 Å². The van der Waals surface area contributed by atoms with E-state index in [1.807, 2.05) is 0 Å². The maximum Gasteiger partial charge on any atom is 0.306 e. The fraction of sp³-hybridized carbons (Fsp3) is 0.851. The van der Waals surface area contributed by atoms with Crippen LogP contribution < -0.4 is 0 Å². The Kier molecular flexibility index (Phi) is 66.6. The van der Waals surface area contributed by atoms with Gasteiger partial charge in [0.25, 0.3) is 0 Å². The molecule has 1 unspecified atom stereocenters. The minimum Gasteiger partial charge on any atom is -0.462 e. The van der Waals surface area contributed by atoms with Crippen LogP contribution >= 0.6 is 0 Å². The third-order valence-corrected chi connectivity index (χ3v) is 16.1. The lowest BCUT2D eigenvalue weighted by atomic mass is 10.0. The summed E-state index contributed by atoms with van der Waals surface area (Å²) in [5.74, 6) is -0.860. The molecule has 0 rings (SSSR count). The van der Waals surface area contributed by atoms with Gasteiger partial charge >= 0.3 is 17.9 Å². The van der Waals surface area contributed by atoms with Gasteiger partial charge in [0.15, 0.2) is 6.10 Å². The molecule has 6 nitrogen and oxygen atoms in total. The molecule has 0 N–H and O–H groups in total. The first-order valence-corrected chi connectivity index (χ1v) is 35.6. The van der Waals surface area contributed by atoms with Crippen LogP contribution in [0.2, 0.25) is 0 Å². The predicted octanol–water partition coefficient (Wildman–Crippen LogP) is 24.5. The predicted molar refractivity (Wildman–Crippen MR) is 349 cm³/mol. The normalized spacial score (nSPS) is 12.3. The van der Waals surface area contributed by atoms with Gasteiger partial charge in [-0.1, -0.05) is 333 Å². The van der Waals surface area contributed by atoms with Gasteiger partial charge in [0, 0.05) is 19.3 Å². The molecule has 0 fully saturated rings. The molecule has 0 saturated heterocycles. The third-order valence-electron chi connectivity index (χ3n) is 16.1. The quantitative estimate of drug-likeness (QED) is 0.0261. The first-order valence-electron chi connectivity index (χ1n) is 35.6. The second-order valence-electron chi connectivity index (χ2n) is 24.1. The van der Waals surface area contributed by atoms with E-state index in [9.17, 15) is 14.4 Å². The second kappa shape index (κ2) is 68.9. The van der Waals surface area contributed by atoms with E-state index in [4.69, 9.17) is 14.2 Å². The number of ether oxygens (including phenoxy) is 3. The van der Waals surface area contributed by atoms with Crippen molar-refractivity contribution < 1.29 is 28.6 Å². The van der Waals surface area contributed by atoms with Gasteiger partial charge in [-0.2, -0.15) is 0 Å². The summed E-state index contributed by atoms with van der Waals surface area (Å²) >= 11 is 0. The zero-order chi connectivity index (χ0) is 57.8. The minimum atomic E-state index is -0.779. The summed E-state index contributed by atoms with van der Waals surface area (Å²) in [5.41, 5.74) is 0. The zero-order valence-corrected chi connectivity index (χ0v) is 53.9. The molecule has 0 aliphatic heterocycles. The highest BCUT2D eigenvalue weighted by Crippen LogP contribution is 2.18. The maximum atomic E-state index is 12.9. The van der Waals surface area contributed by atoms with Crippen LogP contribution in [0.1, 0.15) is 387 Å². The van der Waals surface area contributed by atoms with Crippen LogP contribution in [0.4, 0.5) is 0 Å². The van der Waals surface area contributed by atoms with Crippen molar-refractivity contribution in [3.05, 3.63) is 48.6 Å². The number of carbonyl (C=O) groups is 3. The van der Waals surface area contributed by atoms with Crippen molar-refractivity contribution >= 4 is 17.9 Å². The molecule has 0 saturated carbocycles. The summed E-state index contributed by atoms with van der Waals surface area (Å²) in [6.07, 6.45) is 87.1. The Labute approximate surface area is 498 Å². The summed E-state index contributed by atoms with van der Waals surface area (Å²) in [6, 6.07) is 0. The van der Waals surface area contributed by atoms with Crippen molar-refractivity contribution in [1.29, 1.82) is 0 Å². The van der Waals surface area contributed by atoms with Gasteiger partial charge in [-0.25, -0.2) is 0 Å².